The van der Waals surface area contributed by atoms with Gasteiger partial charge in [-0.2, -0.15) is 5.26 Å². The summed E-state index contributed by atoms with van der Waals surface area (Å²) in [6.45, 7) is 8.11. The van der Waals surface area contributed by atoms with Crippen LogP contribution in [0, 0.1) is 18.3 Å². The van der Waals surface area contributed by atoms with Gasteiger partial charge in [0.25, 0.3) is 0 Å². The van der Waals surface area contributed by atoms with E-state index < -0.39 is 0 Å². The molecule has 0 bridgehead atoms. The largest absolute Gasteiger partial charge is 0.493 e. The summed E-state index contributed by atoms with van der Waals surface area (Å²) < 4.78 is 5.92. The third-order valence-corrected chi connectivity index (χ3v) is 3.28. The SMILES string of the molecule is CCCNC(C)c1ccc(C)cc1OCCCCC#N. The highest BCUT2D eigenvalue weighted by Crippen LogP contribution is 2.26. The van der Waals surface area contributed by atoms with E-state index in [4.69, 9.17) is 10.00 Å². The minimum absolute atomic E-state index is 0.296. The molecule has 20 heavy (non-hydrogen) atoms. The second kappa shape index (κ2) is 9.39. The number of nitriles is 1. The van der Waals surface area contributed by atoms with E-state index in [-0.39, 0.29) is 0 Å². The Hall–Kier alpha value is -1.53. The zero-order chi connectivity index (χ0) is 14.8. The summed E-state index contributed by atoms with van der Waals surface area (Å²) in [5.41, 5.74) is 2.42. The van der Waals surface area contributed by atoms with Crippen molar-refractivity contribution in [2.24, 2.45) is 0 Å². The van der Waals surface area contributed by atoms with E-state index in [0.717, 1.165) is 31.6 Å². The highest BCUT2D eigenvalue weighted by molar-refractivity contribution is 5.39. The van der Waals surface area contributed by atoms with Crippen LogP contribution >= 0.6 is 0 Å². The maximum absolute atomic E-state index is 8.52. The van der Waals surface area contributed by atoms with Crippen LogP contribution in [0.15, 0.2) is 18.2 Å². The summed E-state index contributed by atoms with van der Waals surface area (Å²) in [7, 11) is 0. The standard InChI is InChI=1S/C17H26N2O/c1-4-11-19-15(3)16-9-8-14(2)13-17(16)20-12-7-5-6-10-18/h8-9,13,15,19H,4-7,11-12H2,1-3H3. The lowest BCUT2D eigenvalue weighted by atomic mass is 10.0. The summed E-state index contributed by atoms with van der Waals surface area (Å²) in [6.07, 6.45) is 3.57. The van der Waals surface area contributed by atoms with Crippen LogP contribution in [0.1, 0.15) is 56.7 Å². The zero-order valence-corrected chi connectivity index (χ0v) is 12.9. The molecule has 3 nitrogen and oxygen atoms in total. The van der Waals surface area contributed by atoms with Gasteiger partial charge in [-0.25, -0.2) is 0 Å². The van der Waals surface area contributed by atoms with Gasteiger partial charge in [-0.3, -0.25) is 0 Å². The molecule has 0 amide bonds. The van der Waals surface area contributed by atoms with Gasteiger partial charge in [0.1, 0.15) is 5.75 Å². The summed E-state index contributed by atoms with van der Waals surface area (Å²) >= 11 is 0. The van der Waals surface area contributed by atoms with Gasteiger partial charge >= 0.3 is 0 Å². The smallest absolute Gasteiger partial charge is 0.124 e. The summed E-state index contributed by atoms with van der Waals surface area (Å²) in [4.78, 5) is 0. The summed E-state index contributed by atoms with van der Waals surface area (Å²) in [5.74, 6) is 0.970. The molecule has 0 aliphatic heterocycles. The Morgan fingerprint density at radius 2 is 2.15 bits per heavy atom. The number of hydrogen-bond donors (Lipinski definition) is 1. The Balaban J connectivity index is 2.62. The molecule has 1 aromatic rings. The zero-order valence-electron chi connectivity index (χ0n) is 12.9. The minimum atomic E-state index is 0.296. The highest BCUT2D eigenvalue weighted by atomic mass is 16.5. The van der Waals surface area contributed by atoms with Crippen molar-refractivity contribution in [2.45, 2.75) is 52.5 Å². The highest BCUT2D eigenvalue weighted by Gasteiger charge is 2.11. The van der Waals surface area contributed by atoms with E-state index in [9.17, 15) is 0 Å². The van der Waals surface area contributed by atoms with Crippen LogP contribution in [-0.2, 0) is 0 Å². The van der Waals surface area contributed by atoms with Crippen molar-refractivity contribution in [3.63, 3.8) is 0 Å². The first-order valence-corrected chi connectivity index (χ1v) is 7.52. The van der Waals surface area contributed by atoms with Crippen LogP contribution < -0.4 is 10.1 Å². The molecule has 0 aromatic heterocycles. The Kier molecular flexibility index (Phi) is 7.75. The van der Waals surface area contributed by atoms with Crippen molar-refractivity contribution in [3.05, 3.63) is 29.3 Å². The normalized spacial score (nSPS) is 11.9. The van der Waals surface area contributed by atoms with Gasteiger partial charge in [0.15, 0.2) is 0 Å². The molecule has 1 aromatic carbocycles. The molecule has 0 fully saturated rings. The number of ether oxygens (including phenoxy) is 1. The predicted octanol–water partition coefficient (Wildman–Crippen LogP) is 4.13. The van der Waals surface area contributed by atoms with E-state index in [2.05, 4.69) is 50.4 Å². The lowest BCUT2D eigenvalue weighted by Crippen LogP contribution is -2.20. The molecule has 0 saturated heterocycles. The first kappa shape index (κ1) is 16.5. The van der Waals surface area contributed by atoms with E-state index in [0.29, 0.717) is 19.1 Å². The Morgan fingerprint density at radius 1 is 1.35 bits per heavy atom. The number of benzene rings is 1. The molecule has 110 valence electrons. The third-order valence-electron chi connectivity index (χ3n) is 3.28. The monoisotopic (exact) mass is 274 g/mol. The predicted molar refractivity (Wildman–Crippen MR) is 82.8 cm³/mol. The molecule has 0 saturated carbocycles. The second-order valence-electron chi connectivity index (χ2n) is 5.18. The van der Waals surface area contributed by atoms with E-state index in [1.54, 1.807) is 0 Å². The lowest BCUT2D eigenvalue weighted by Gasteiger charge is -2.18. The number of unbranched alkanes of at least 4 members (excludes halogenated alkanes) is 2. The van der Waals surface area contributed by atoms with Crippen molar-refractivity contribution >= 4 is 0 Å². The number of rotatable bonds is 9. The Bertz CT molecular complexity index is 437. The molecule has 1 unspecified atom stereocenters. The number of nitrogens with zero attached hydrogens (tertiary/aromatic N) is 1. The molecule has 0 radical (unpaired) electrons. The van der Waals surface area contributed by atoms with Crippen molar-refractivity contribution in [3.8, 4) is 11.8 Å². The van der Waals surface area contributed by atoms with E-state index >= 15 is 0 Å². The lowest BCUT2D eigenvalue weighted by molar-refractivity contribution is 0.301. The molecular weight excluding hydrogens is 248 g/mol. The third kappa shape index (κ3) is 5.63. The Labute approximate surface area is 123 Å². The average Bonchev–Trinajstić information content (AvgIpc) is 2.44. The molecule has 0 heterocycles. The van der Waals surface area contributed by atoms with Gasteiger partial charge < -0.3 is 10.1 Å². The number of hydrogen-bond acceptors (Lipinski definition) is 3. The van der Waals surface area contributed by atoms with Gasteiger partial charge in [-0.1, -0.05) is 19.1 Å². The molecule has 0 aliphatic rings. The van der Waals surface area contributed by atoms with Crippen LogP contribution in [-0.4, -0.2) is 13.2 Å². The quantitative estimate of drug-likeness (QED) is 0.689. The summed E-state index contributed by atoms with van der Waals surface area (Å²) in [5, 5.41) is 12.0. The fourth-order valence-electron chi connectivity index (χ4n) is 2.08. The average molecular weight is 274 g/mol. The van der Waals surface area contributed by atoms with Crippen molar-refractivity contribution in [1.82, 2.24) is 5.32 Å². The van der Waals surface area contributed by atoms with Crippen LogP contribution in [0.4, 0.5) is 0 Å². The fraction of sp³-hybridized carbons (Fsp3) is 0.588. The van der Waals surface area contributed by atoms with Crippen LogP contribution in [0.25, 0.3) is 0 Å². The van der Waals surface area contributed by atoms with Crippen molar-refractivity contribution in [2.75, 3.05) is 13.2 Å². The molecule has 1 atom stereocenters. The molecular formula is C17H26N2O. The van der Waals surface area contributed by atoms with Crippen LogP contribution in [0.2, 0.25) is 0 Å². The molecule has 1 rings (SSSR count). The minimum Gasteiger partial charge on any atom is -0.493 e. The fourth-order valence-corrected chi connectivity index (χ4v) is 2.08. The van der Waals surface area contributed by atoms with E-state index in [1.807, 2.05) is 0 Å². The number of aryl methyl sites for hydroxylation is 1. The second-order valence-corrected chi connectivity index (χ2v) is 5.18. The summed E-state index contributed by atoms with van der Waals surface area (Å²) in [6, 6.07) is 8.83. The molecule has 0 spiro atoms. The maximum atomic E-state index is 8.52. The topological polar surface area (TPSA) is 45.0 Å². The van der Waals surface area contributed by atoms with E-state index in [1.165, 1.54) is 11.1 Å². The van der Waals surface area contributed by atoms with Gasteiger partial charge in [-0.05, 0) is 51.3 Å². The molecule has 0 aliphatic carbocycles. The van der Waals surface area contributed by atoms with Gasteiger partial charge in [-0.15, -0.1) is 0 Å². The van der Waals surface area contributed by atoms with Gasteiger partial charge in [0.05, 0.1) is 12.7 Å². The first-order chi connectivity index (χ1) is 9.69. The number of nitrogens with one attached hydrogen (secondary N) is 1. The van der Waals surface area contributed by atoms with Gasteiger partial charge in [0.2, 0.25) is 0 Å². The van der Waals surface area contributed by atoms with Gasteiger partial charge in [0, 0.05) is 18.0 Å². The van der Waals surface area contributed by atoms with Crippen LogP contribution in [0.5, 0.6) is 5.75 Å². The molecule has 3 heteroatoms. The maximum Gasteiger partial charge on any atom is 0.124 e. The van der Waals surface area contributed by atoms with Crippen molar-refractivity contribution in [1.29, 1.82) is 5.26 Å². The molecule has 1 N–H and O–H groups in total. The Morgan fingerprint density at radius 3 is 2.85 bits per heavy atom. The first-order valence-electron chi connectivity index (χ1n) is 7.52. The van der Waals surface area contributed by atoms with Crippen LogP contribution in [0.3, 0.4) is 0 Å². The van der Waals surface area contributed by atoms with Crippen molar-refractivity contribution < 1.29 is 4.74 Å².